The fourth-order valence-corrected chi connectivity index (χ4v) is 1.79. The third-order valence-corrected chi connectivity index (χ3v) is 2.68. The lowest BCUT2D eigenvalue weighted by Gasteiger charge is -2.20. The zero-order valence-corrected chi connectivity index (χ0v) is 11.1. The second kappa shape index (κ2) is 7.49. The molecule has 0 N–H and O–H groups in total. The maximum atomic E-state index is 13.2. The highest BCUT2D eigenvalue weighted by atomic mass is 19.1. The Morgan fingerprint density at radius 3 is 2.84 bits per heavy atom. The van der Waals surface area contributed by atoms with Crippen molar-refractivity contribution in [3.63, 3.8) is 0 Å². The van der Waals surface area contributed by atoms with Crippen molar-refractivity contribution in [2.75, 3.05) is 20.2 Å². The first-order valence-electron chi connectivity index (χ1n) is 6.08. The zero-order chi connectivity index (χ0) is 14.3. The molecule has 0 saturated heterocycles. The molecule has 0 fully saturated rings. The number of benzene rings is 1. The summed E-state index contributed by atoms with van der Waals surface area (Å²) in [5.41, 5.74) is 0.822. The van der Waals surface area contributed by atoms with E-state index in [-0.39, 0.29) is 18.1 Å². The molecule has 0 aliphatic rings. The van der Waals surface area contributed by atoms with E-state index >= 15 is 0 Å². The average Bonchev–Trinajstić information content (AvgIpc) is 2.41. The van der Waals surface area contributed by atoms with Gasteiger partial charge in [0, 0.05) is 6.54 Å². The Morgan fingerprint density at radius 2 is 2.26 bits per heavy atom. The van der Waals surface area contributed by atoms with Crippen LogP contribution in [0.25, 0.3) is 0 Å². The van der Waals surface area contributed by atoms with Gasteiger partial charge < -0.3 is 4.74 Å². The lowest BCUT2D eigenvalue weighted by molar-refractivity contribution is -0.142. The van der Waals surface area contributed by atoms with Gasteiger partial charge in [0.2, 0.25) is 0 Å². The van der Waals surface area contributed by atoms with Crippen LogP contribution in [0.5, 0.6) is 0 Å². The summed E-state index contributed by atoms with van der Waals surface area (Å²) in [4.78, 5) is 13.2. The molecule has 0 heterocycles. The third-order valence-electron chi connectivity index (χ3n) is 2.68. The molecular formula is C14H17FN2O2. The maximum Gasteiger partial charge on any atom is 0.319 e. The van der Waals surface area contributed by atoms with Crippen molar-refractivity contribution in [2.24, 2.45) is 0 Å². The van der Waals surface area contributed by atoms with Crippen molar-refractivity contribution in [2.45, 2.75) is 19.9 Å². The van der Waals surface area contributed by atoms with E-state index in [9.17, 15) is 9.18 Å². The summed E-state index contributed by atoms with van der Waals surface area (Å²) in [6.07, 6.45) is 0.892. The van der Waals surface area contributed by atoms with E-state index in [1.54, 1.807) is 6.07 Å². The molecule has 0 amide bonds. The Kier molecular flexibility index (Phi) is 5.97. The molecule has 102 valence electrons. The monoisotopic (exact) mass is 264 g/mol. The van der Waals surface area contributed by atoms with Crippen LogP contribution in [0, 0.1) is 17.1 Å². The van der Waals surface area contributed by atoms with E-state index < -0.39 is 5.82 Å². The van der Waals surface area contributed by atoms with Crippen molar-refractivity contribution in [3.8, 4) is 6.07 Å². The predicted octanol–water partition coefficient (Wildman–Crippen LogP) is 2.08. The molecule has 1 aromatic rings. The number of hydrogen-bond donors (Lipinski definition) is 0. The fourth-order valence-electron chi connectivity index (χ4n) is 1.79. The molecule has 0 aliphatic heterocycles. The molecule has 0 aromatic heterocycles. The number of nitriles is 1. The van der Waals surface area contributed by atoms with Crippen molar-refractivity contribution >= 4 is 5.97 Å². The number of halogens is 1. The van der Waals surface area contributed by atoms with Crippen LogP contribution >= 0.6 is 0 Å². The summed E-state index contributed by atoms with van der Waals surface area (Å²) in [6, 6.07) is 6.21. The third kappa shape index (κ3) is 4.68. The van der Waals surface area contributed by atoms with Gasteiger partial charge in [-0.2, -0.15) is 5.26 Å². The molecule has 4 nitrogen and oxygen atoms in total. The number of rotatable bonds is 6. The lowest BCUT2D eigenvalue weighted by Crippen LogP contribution is -2.30. The van der Waals surface area contributed by atoms with Gasteiger partial charge in [0.15, 0.2) is 0 Å². The highest BCUT2D eigenvalue weighted by molar-refractivity contribution is 5.71. The smallest absolute Gasteiger partial charge is 0.319 e. The van der Waals surface area contributed by atoms with Gasteiger partial charge in [-0.3, -0.25) is 9.69 Å². The number of hydrogen-bond acceptors (Lipinski definition) is 4. The summed E-state index contributed by atoms with van der Waals surface area (Å²) >= 11 is 0. The number of nitrogens with zero attached hydrogens (tertiary/aromatic N) is 2. The minimum absolute atomic E-state index is 0.0204. The minimum atomic E-state index is -0.527. The van der Waals surface area contributed by atoms with Crippen molar-refractivity contribution in [3.05, 3.63) is 35.1 Å². The van der Waals surface area contributed by atoms with Gasteiger partial charge in [-0.1, -0.05) is 13.0 Å². The predicted molar refractivity (Wildman–Crippen MR) is 68.7 cm³/mol. The van der Waals surface area contributed by atoms with Crippen LogP contribution in [0.1, 0.15) is 24.5 Å². The Hall–Kier alpha value is -1.93. The molecule has 0 spiro atoms. The zero-order valence-electron chi connectivity index (χ0n) is 11.1. The van der Waals surface area contributed by atoms with E-state index in [4.69, 9.17) is 5.26 Å². The van der Waals surface area contributed by atoms with Crippen molar-refractivity contribution in [1.82, 2.24) is 4.90 Å². The van der Waals surface area contributed by atoms with E-state index in [2.05, 4.69) is 4.74 Å². The van der Waals surface area contributed by atoms with Gasteiger partial charge in [-0.25, -0.2) is 4.39 Å². The van der Waals surface area contributed by atoms with Gasteiger partial charge in [-0.05, 0) is 30.7 Å². The first-order valence-corrected chi connectivity index (χ1v) is 6.08. The summed E-state index contributed by atoms with van der Waals surface area (Å²) in [5, 5.41) is 8.79. The van der Waals surface area contributed by atoms with Crippen molar-refractivity contribution in [1.29, 1.82) is 5.26 Å². The number of carbonyl (C=O) groups excluding carboxylic acids is 1. The molecule has 5 heteroatoms. The summed E-state index contributed by atoms with van der Waals surface area (Å²) < 4.78 is 17.8. The highest BCUT2D eigenvalue weighted by Gasteiger charge is 2.12. The van der Waals surface area contributed by atoms with Crippen LogP contribution in [0.2, 0.25) is 0 Å². The largest absolute Gasteiger partial charge is 0.468 e. The summed E-state index contributed by atoms with van der Waals surface area (Å²) in [7, 11) is 1.35. The molecule has 1 rings (SSSR count). The van der Waals surface area contributed by atoms with Gasteiger partial charge in [-0.15, -0.1) is 0 Å². The first kappa shape index (κ1) is 15.1. The Morgan fingerprint density at radius 1 is 1.53 bits per heavy atom. The molecule has 1 aromatic carbocycles. The number of esters is 1. The van der Waals surface area contributed by atoms with Crippen LogP contribution in [0.3, 0.4) is 0 Å². The first-order chi connectivity index (χ1) is 9.10. The van der Waals surface area contributed by atoms with Crippen LogP contribution in [-0.2, 0) is 16.1 Å². The molecule has 0 saturated carbocycles. The number of carbonyl (C=O) groups is 1. The lowest BCUT2D eigenvalue weighted by atomic mass is 10.1. The van der Waals surface area contributed by atoms with Crippen LogP contribution < -0.4 is 0 Å². The SMILES string of the molecule is CCCN(CC(=O)OC)Cc1ccc(F)c(C#N)c1. The Labute approximate surface area is 112 Å². The topological polar surface area (TPSA) is 53.3 Å². The molecule has 0 unspecified atom stereocenters. The molecule has 0 atom stereocenters. The summed E-state index contributed by atoms with van der Waals surface area (Å²) in [5.74, 6) is -0.836. The molecule has 0 bridgehead atoms. The molecule has 0 radical (unpaired) electrons. The Balaban J connectivity index is 2.78. The van der Waals surface area contributed by atoms with Gasteiger partial charge in [0.1, 0.15) is 11.9 Å². The van der Waals surface area contributed by atoms with Gasteiger partial charge in [0.05, 0.1) is 19.2 Å². The standard InChI is InChI=1S/C14H17FN2O2/c1-3-6-17(10-14(18)19-2)9-11-4-5-13(15)12(7-11)8-16/h4-5,7H,3,6,9-10H2,1-2H3. The minimum Gasteiger partial charge on any atom is -0.468 e. The number of ether oxygens (including phenoxy) is 1. The van der Waals surface area contributed by atoms with Crippen LogP contribution in [0.15, 0.2) is 18.2 Å². The molecule has 0 aliphatic carbocycles. The number of methoxy groups -OCH3 is 1. The molecular weight excluding hydrogens is 247 g/mol. The van der Waals surface area contributed by atoms with Crippen LogP contribution in [-0.4, -0.2) is 31.1 Å². The second-order valence-corrected chi connectivity index (χ2v) is 4.21. The maximum absolute atomic E-state index is 13.2. The fraction of sp³-hybridized carbons (Fsp3) is 0.429. The highest BCUT2D eigenvalue weighted by Crippen LogP contribution is 2.12. The molecule has 19 heavy (non-hydrogen) atoms. The van der Waals surface area contributed by atoms with Crippen LogP contribution in [0.4, 0.5) is 4.39 Å². The normalized spacial score (nSPS) is 10.3. The quantitative estimate of drug-likeness (QED) is 0.738. The van der Waals surface area contributed by atoms with Gasteiger partial charge >= 0.3 is 5.97 Å². The van der Waals surface area contributed by atoms with E-state index in [1.807, 2.05) is 17.9 Å². The van der Waals surface area contributed by atoms with Crippen molar-refractivity contribution < 1.29 is 13.9 Å². The summed E-state index contributed by atoms with van der Waals surface area (Å²) in [6.45, 7) is 3.41. The average molecular weight is 264 g/mol. The van der Waals surface area contributed by atoms with E-state index in [0.29, 0.717) is 6.54 Å². The van der Waals surface area contributed by atoms with E-state index in [1.165, 1.54) is 19.2 Å². The van der Waals surface area contributed by atoms with Gasteiger partial charge in [0.25, 0.3) is 0 Å². The second-order valence-electron chi connectivity index (χ2n) is 4.21. The Bertz CT molecular complexity index is 483. The van der Waals surface area contributed by atoms with E-state index in [0.717, 1.165) is 18.5 Å².